The van der Waals surface area contributed by atoms with Crippen LogP contribution in [-0.2, 0) is 9.59 Å². The normalized spacial score (nSPS) is 11.6. The van der Waals surface area contributed by atoms with Crippen molar-refractivity contribution in [3.63, 3.8) is 0 Å². The molecule has 1 heterocycles. The number of thioether (sulfide) groups is 1. The minimum Gasteiger partial charge on any atom is -0.494 e. The van der Waals surface area contributed by atoms with E-state index in [9.17, 15) is 9.59 Å². The van der Waals surface area contributed by atoms with Gasteiger partial charge in [0, 0.05) is 12.1 Å². The molecule has 2 rings (SSSR count). The second-order valence-corrected chi connectivity index (χ2v) is 7.17. The highest BCUT2D eigenvalue weighted by atomic mass is 32.2. The van der Waals surface area contributed by atoms with E-state index < -0.39 is 5.25 Å². The van der Waals surface area contributed by atoms with Crippen molar-refractivity contribution < 1.29 is 23.6 Å². The summed E-state index contributed by atoms with van der Waals surface area (Å²) in [6.45, 7) is 8.22. The van der Waals surface area contributed by atoms with Crippen molar-refractivity contribution in [2.45, 2.75) is 32.9 Å². The Hall–Kier alpha value is -2.68. The summed E-state index contributed by atoms with van der Waals surface area (Å²) in [7, 11) is 0. The van der Waals surface area contributed by atoms with E-state index in [1.54, 1.807) is 38.1 Å². The molecular weight excluding hydrogens is 382 g/mol. The second kappa shape index (κ2) is 10.6. The molecule has 28 heavy (non-hydrogen) atoms. The van der Waals surface area contributed by atoms with Crippen LogP contribution in [0.3, 0.4) is 0 Å². The molecule has 1 aromatic heterocycles. The van der Waals surface area contributed by atoms with Gasteiger partial charge in [0.2, 0.25) is 11.8 Å². The Morgan fingerprint density at radius 1 is 1.18 bits per heavy atom. The number of hydrogen-bond donors (Lipinski definition) is 2. The number of carbonyl (C=O) groups excluding carboxylic acids is 2. The van der Waals surface area contributed by atoms with Crippen LogP contribution < -0.4 is 20.1 Å². The van der Waals surface area contributed by atoms with Crippen LogP contribution in [0.2, 0.25) is 0 Å². The first kappa shape index (κ1) is 21.6. The highest BCUT2D eigenvalue weighted by molar-refractivity contribution is 8.01. The summed E-state index contributed by atoms with van der Waals surface area (Å²) in [4.78, 5) is 24.5. The lowest BCUT2D eigenvalue weighted by atomic mass is 10.2. The predicted octanol–water partition coefficient (Wildman–Crippen LogP) is 3.48. The predicted molar refractivity (Wildman–Crippen MR) is 109 cm³/mol. The number of ether oxygens (including phenoxy) is 2. The molecule has 1 unspecified atom stereocenters. The van der Waals surface area contributed by atoms with Crippen molar-refractivity contribution in [3.05, 3.63) is 30.0 Å². The summed E-state index contributed by atoms with van der Waals surface area (Å²) in [5, 5.41) is 8.75. The molecule has 152 valence electrons. The number of hydrogen-bond acceptors (Lipinski definition) is 7. The Labute approximate surface area is 168 Å². The molecule has 0 aliphatic carbocycles. The molecule has 2 N–H and O–H groups in total. The Balaban J connectivity index is 1.90. The third-order valence-electron chi connectivity index (χ3n) is 3.55. The van der Waals surface area contributed by atoms with Gasteiger partial charge in [-0.2, -0.15) is 0 Å². The van der Waals surface area contributed by atoms with Crippen molar-refractivity contribution in [1.29, 1.82) is 0 Å². The van der Waals surface area contributed by atoms with Gasteiger partial charge in [-0.25, -0.2) is 0 Å². The van der Waals surface area contributed by atoms with E-state index in [2.05, 4.69) is 15.8 Å². The number of rotatable bonds is 10. The van der Waals surface area contributed by atoms with Crippen LogP contribution in [0.5, 0.6) is 11.5 Å². The van der Waals surface area contributed by atoms with Gasteiger partial charge in [-0.15, -0.1) is 11.8 Å². The number of aromatic nitrogens is 1. The van der Waals surface area contributed by atoms with Gasteiger partial charge in [0.15, 0.2) is 5.82 Å². The maximum absolute atomic E-state index is 12.3. The molecular formula is C19H25N3O5S. The zero-order valence-electron chi connectivity index (χ0n) is 16.4. The third kappa shape index (κ3) is 6.49. The van der Waals surface area contributed by atoms with Crippen molar-refractivity contribution in [2.75, 3.05) is 29.6 Å². The van der Waals surface area contributed by atoms with Crippen LogP contribution >= 0.6 is 11.8 Å². The molecule has 0 radical (unpaired) electrons. The fraction of sp³-hybridized carbons (Fsp3) is 0.421. The van der Waals surface area contributed by atoms with Gasteiger partial charge in [0.25, 0.3) is 0 Å². The fourth-order valence-corrected chi connectivity index (χ4v) is 2.94. The van der Waals surface area contributed by atoms with E-state index in [4.69, 9.17) is 14.0 Å². The lowest BCUT2D eigenvalue weighted by Gasteiger charge is -2.14. The van der Waals surface area contributed by atoms with Crippen LogP contribution in [-0.4, -0.2) is 41.2 Å². The average molecular weight is 407 g/mol. The van der Waals surface area contributed by atoms with E-state index in [-0.39, 0.29) is 17.6 Å². The molecule has 0 saturated heterocycles. The van der Waals surface area contributed by atoms with Crippen LogP contribution in [0.15, 0.2) is 28.8 Å². The Morgan fingerprint density at radius 3 is 2.57 bits per heavy atom. The molecule has 1 aromatic carbocycles. The summed E-state index contributed by atoms with van der Waals surface area (Å²) in [5.74, 6) is 1.79. The van der Waals surface area contributed by atoms with Crippen LogP contribution in [0.1, 0.15) is 26.5 Å². The molecule has 1 atom stereocenters. The van der Waals surface area contributed by atoms with Crippen molar-refractivity contribution in [2.24, 2.45) is 0 Å². The molecule has 9 heteroatoms. The molecule has 0 aliphatic rings. The summed E-state index contributed by atoms with van der Waals surface area (Å²) >= 11 is 1.22. The molecule has 0 fully saturated rings. The Morgan fingerprint density at radius 2 is 1.93 bits per heavy atom. The molecule has 0 bridgehead atoms. The van der Waals surface area contributed by atoms with E-state index in [0.29, 0.717) is 42.0 Å². The lowest BCUT2D eigenvalue weighted by Crippen LogP contribution is -2.25. The monoisotopic (exact) mass is 407 g/mol. The molecule has 8 nitrogen and oxygen atoms in total. The van der Waals surface area contributed by atoms with Gasteiger partial charge in [-0.1, -0.05) is 5.16 Å². The standard InChI is InChI=1S/C19H25N3O5S/c1-5-25-14-7-8-16(26-6-2)15(10-14)20-18(23)11-28-13(4)19(24)21-17-9-12(3)27-22-17/h7-10,13H,5-6,11H2,1-4H3,(H,20,23)(H,21,22,24). The SMILES string of the molecule is CCOc1ccc(OCC)c(NC(=O)CSC(C)C(=O)Nc2cc(C)on2)c1. The minimum atomic E-state index is -0.441. The van der Waals surface area contributed by atoms with Crippen LogP contribution in [0, 0.1) is 6.92 Å². The van der Waals surface area contributed by atoms with Gasteiger partial charge >= 0.3 is 0 Å². The molecule has 0 spiro atoms. The van der Waals surface area contributed by atoms with Crippen LogP contribution in [0.25, 0.3) is 0 Å². The molecule has 2 amide bonds. The lowest BCUT2D eigenvalue weighted by molar-refractivity contribution is -0.115. The van der Waals surface area contributed by atoms with Gasteiger partial charge < -0.3 is 24.6 Å². The zero-order chi connectivity index (χ0) is 20.5. The number of nitrogens with one attached hydrogen (secondary N) is 2. The molecule has 0 aliphatic heterocycles. The smallest absolute Gasteiger partial charge is 0.238 e. The van der Waals surface area contributed by atoms with Gasteiger partial charge in [-0.3, -0.25) is 9.59 Å². The quantitative estimate of drug-likeness (QED) is 0.621. The number of nitrogens with zero attached hydrogens (tertiary/aromatic N) is 1. The van der Waals surface area contributed by atoms with E-state index in [1.807, 2.05) is 13.8 Å². The fourth-order valence-electron chi connectivity index (χ4n) is 2.26. The molecule has 0 saturated carbocycles. The maximum atomic E-state index is 12.3. The second-order valence-electron chi connectivity index (χ2n) is 5.84. The summed E-state index contributed by atoms with van der Waals surface area (Å²) in [5.41, 5.74) is 0.536. The first-order valence-corrected chi connectivity index (χ1v) is 10.0. The number of aryl methyl sites for hydroxylation is 1. The van der Waals surface area contributed by atoms with Gasteiger partial charge in [0.05, 0.1) is 29.9 Å². The van der Waals surface area contributed by atoms with Crippen LogP contribution in [0.4, 0.5) is 11.5 Å². The average Bonchev–Trinajstić information content (AvgIpc) is 3.07. The Bertz CT molecular complexity index is 809. The first-order chi connectivity index (χ1) is 13.4. The number of anilines is 2. The maximum Gasteiger partial charge on any atom is 0.238 e. The van der Waals surface area contributed by atoms with Gasteiger partial charge in [-0.05, 0) is 39.8 Å². The zero-order valence-corrected chi connectivity index (χ0v) is 17.2. The van der Waals surface area contributed by atoms with E-state index in [0.717, 1.165) is 0 Å². The molecule has 2 aromatic rings. The number of carbonyl (C=O) groups is 2. The highest BCUT2D eigenvalue weighted by Gasteiger charge is 2.17. The topological polar surface area (TPSA) is 103 Å². The summed E-state index contributed by atoms with van der Waals surface area (Å²) in [6.07, 6.45) is 0. The largest absolute Gasteiger partial charge is 0.494 e. The number of amides is 2. The highest BCUT2D eigenvalue weighted by Crippen LogP contribution is 2.29. The van der Waals surface area contributed by atoms with Gasteiger partial charge in [0.1, 0.15) is 17.3 Å². The summed E-state index contributed by atoms with van der Waals surface area (Å²) in [6, 6.07) is 6.90. The third-order valence-corrected chi connectivity index (χ3v) is 4.69. The van der Waals surface area contributed by atoms with E-state index >= 15 is 0 Å². The van der Waals surface area contributed by atoms with Crippen molar-refractivity contribution in [1.82, 2.24) is 5.16 Å². The summed E-state index contributed by atoms with van der Waals surface area (Å²) < 4.78 is 15.9. The van der Waals surface area contributed by atoms with E-state index in [1.165, 1.54) is 11.8 Å². The first-order valence-electron chi connectivity index (χ1n) is 8.98. The van der Waals surface area contributed by atoms with Crippen molar-refractivity contribution in [3.8, 4) is 11.5 Å². The number of benzene rings is 1. The minimum absolute atomic E-state index is 0.108. The van der Waals surface area contributed by atoms with Crippen molar-refractivity contribution >= 4 is 35.1 Å². The Kier molecular flexibility index (Phi) is 8.19.